The highest BCUT2D eigenvalue weighted by Gasteiger charge is 2.40. The van der Waals surface area contributed by atoms with E-state index in [1.54, 1.807) is 6.07 Å². The zero-order valence-electron chi connectivity index (χ0n) is 10.6. The number of amides is 1. The molecule has 0 radical (unpaired) electrons. The van der Waals surface area contributed by atoms with Crippen molar-refractivity contribution in [2.45, 2.75) is 20.8 Å². The fraction of sp³-hybridized carbons (Fsp3) is 0.333. The minimum absolute atomic E-state index is 0.114. The fourth-order valence-corrected chi connectivity index (χ4v) is 3.43. The lowest BCUT2D eigenvalue weighted by Gasteiger charge is -2.13. The van der Waals surface area contributed by atoms with Crippen molar-refractivity contribution in [1.82, 2.24) is 5.32 Å². The summed E-state index contributed by atoms with van der Waals surface area (Å²) in [6.07, 6.45) is 0.782. The van der Waals surface area contributed by atoms with Gasteiger partial charge in [-0.25, -0.2) is 8.42 Å². The van der Waals surface area contributed by atoms with Crippen molar-refractivity contribution in [1.29, 1.82) is 5.26 Å². The molecule has 108 valence electrons. The molecule has 0 aromatic heterocycles. The van der Waals surface area contributed by atoms with Crippen LogP contribution in [-0.2, 0) is 9.84 Å². The normalized spacial score (nSPS) is 11.7. The third kappa shape index (κ3) is 3.59. The molecule has 5 nitrogen and oxygen atoms in total. The molecule has 0 spiro atoms. The highest BCUT2D eigenvalue weighted by atomic mass is 79.9. The number of halogens is 2. The average Bonchev–Trinajstić information content (AvgIpc) is 2.44. The smallest absolute Gasteiger partial charge is 0.270 e. The number of hydrogen-bond donors (Lipinski definition) is 1. The van der Waals surface area contributed by atoms with E-state index in [1.807, 2.05) is 6.92 Å². The summed E-state index contributed by atoms with van der Waals surface area (Å²) >= 11 is 5.62. The Morgan fingerprint density at radius 2 is 2.10 bits per heavy atom. The second-order valence-electron chi connectivity index (χ2n) is 3.92. The Kier molecular flexibility index (Phi) is 5.74. The zero-order valence-corrected chi connectivity index (χ0v) is 14.5. The van der Waals surface area contributed by atoms with Crippen LogP contribution in [0.2, 0.25) is 0 Å². The van der Waals surface area contributed by atoms with Crippen LogP contribution in [0.4, 0.5) is 0 Å². The lowest BCUT2D eigenvalue weighted by Crippen LogP contribution is -2.26. The van der Waals surface area contributed by atoms with Gasteiger partial charge in [-0.05, 0) is 56.5 Å². The number of hydrogen-bond acceptors (Lipinski definition) is 4. The summed E-state index contributed by atoms with van der Waals surface area (Å²) in [6, 6.07) is 7.16. The van der Waals surface area contributed by atoms with Crippen LogP contribution in [0.1, 0.15) is 23.7 Å². The SMILES string of the molecule is CCCNC(=O)c1cccc(S(=O)(=O)C(Br)(Br)C#N)c1. The average molecular weight is 424 g/mol. The van der Waals surface area contributed by atoms with Crippen molar-refractivity contribution in [3.8, 4) is 6.07 Å². The molecule has 0 atom stereocenters. The molecule has 8 heteroatoms. The molecular formula is C12H12Br2N2O3S. The number of rotatable bonds is 5. The molecule has 1 amide bonds. The Bertz CT molecular complexity index is 651. The molecule has 0 heterocycles. The van der Waals surface area contributed by atoms with Crippen molar-refractivity contribution in [3.63, 3.8) is 0 Å². The van der Waals surface area contributed by atoms with Gasteiger partial charge >= 0.3 is 0 Å². The third-order valence-corrected chi connectivity index (χ3v) is 6.96. The van der Waals surface area contributed by atoms with E-state index in [0.29, 0.717) is 6.54 Å². The van der Waals surface area contributed by atoms with Crippen molar-refractivity contribution >= 4 is 47.6 Å². The number of nitriles is 1. The predicted octanol–water partition coefficient (Wildman–Crippen LogP) is 2.57. The molecule has 0 aliphatic carbocycles. The molecule has 20 heavy (non-hydrogen) atoms. The topological polar surface area (TPSA) is 87.0 Å². The summed E-state index contributed by atoms with van der Waals surface area (Å²) in [7, 11) is -3.97. The summed E-state index contributed by atoms with van der Waals surface area (Å²) in [5.74, 6) is -0.351. The zero-order chi connectivity index (χ0) is 15.4. The molecule has 1 aromatic rings. The summed E-state index contributed by atoms with van der Waals surface area (Å²) in [5, 5.41) is 11.5. The molecule has 1 rings (SSSR count). The molecule has 1 aromatic carbocycles. The Morgan fingerprint density at radius 3 is 2.65 bits per heavy atom. The largest absolute Gasteiger partial charge is 0.352 e. The van der Waals surface area contributed by atoms with Gasteiger partial charge in [0.25, 0.3) is 8.47 Å². The van der Waals surface area contributed by atoms with Gasteiger partial charge < -0.3 is 5.32 Å². The quantitative estimate of drug-likeness (QED) is 0.737. The second-order valence-corrected chi connectivity index (χ2v) is 10.5. The molecule has 0 aliphatic heterocycles. The van der Waals surface area contributed by atoms with E-state index in [4.69, 9.17) is 5.26 Å². The van der Waals surface area contributed by atoms with Crippen molar-refractivity contribution in [2.75, 3.05) is 6.54 Å². The molecule has 0 saturated carbocycles. The van der Waals surface area contributed by atoms with Gasteiger partial charge in [0.05, 0.1) is 4.90 Å². The minimum Gasteiger partial charge on any atom is -0.352 e. The fourth-order valence-electron chi connectivity index (χ4n) is 1.35. The van der Waals surface area contributed by atoms with Gasteiger partial charge in [0.15, 0.2) is 0 Å². The maximum atomic E-state index is 12.2. The van der Waals surface area contributed by atoms with Gasteiger partial charge in [0, 0.05) is 12.1 Å². The first-order valence-corrected chi connectivity index (χ1v) is 8.75. The number of carbonyl (C=O) groups excluding carboxylic acids is 1. The van der Waals surface area contributed by atoms with Crippen LogP contribution >= 0.6 is 31.9 Å². The van der Waals surface area contributed by atoms with E-state index in [1.165, 1.54) is 24.3 Å². The highest BCUT2D eigenvalue weighted by Crippen LogP contribution is 2.37. The van der Waals surface area contributed by atoms with Crippen LogP contribution < -0.4 is 5.32 Å². The lowest BCUT2D eigenvalue weighted by atomic mass is 10.2. The molecule has 0 fully saturated rings. The number of nitrogens with one attached hydrogen (secondary N) is 1. The predicted molar refractivity (Wildman–Crippen MR) is 82.5 cm³/mol. The van der Waals surface area contributed by atoms with Gasteiger partial charge in [-0.15, -0.1) is 0 Å². The van der Waals surface area contributed by atoms with Crippen LogP contribution in [0.15, 0.2) is 29.2 Å². The number of carbonyl (C=O) groups is 1. The standard InChI is InChI=1S/C12H12Br2N2O3S/c1-2-6-16-11(17)9-4-3-5-10(7-9)20(18,19)12(13,14)8-15/h3-5,7H,2,6H2,1H3,(H,16,17). The van der Waals surface area contributed by atoms with E-state index in [9.17, 15) is 13.2 Å². The maximum Gasteiger partial charge on any atom is 0.270 e. The molecular weight excluding hydrogens is 412 g/mol. The maximum absolute atomic E-state index is 12.2. The highest BCUT2D eigenvalue weighted by molar-refractivity contribution is 9.28. The van der Waals surface area contributed by atoms with Gasteiger partial charge in [-0.2, -0.15) is 5.26 Å². The van der Waals surface area contributed by atoms with E-state index >= 15 is 0 Å². The first-order chi connectivity index (χ1) is 9.26. The molecule has 0 unspecified atom stereocenters. The van der Waals surface area contributed by atoms with Gasteiger partial charge in [0.2, 0.25) is 9.84 Å². The summed E-state index contributed by atoms with van der Waals surface area (Å²) in [4.78, 5) is 11.7. The molecule has 0 saturated heterocycles. The molecule has 1 N–H and O–H groups in total. The second kappa shape index (κ2) is 6.70. The van der Waals surface area contributed by atoms with Crippen molar-refractivity contribution in [3.05, 3.63) is 29.8 Å². The Hall–Kier alpha value is -0.910. The molecule has 0 aliphatic rings. The van der Waals surface area contributed by atoms with Crippen LogP contribution in [0.25, 0.3) is 0 Å². The number of alkyl halides is 2. The van der Waals surface area contributed by atoms with Crippen LogP contribution in [0.3, 0.4) is 0 Å². The molecule has 0 bridgehead atoms. The lowest BCUT2D eigenvalue weighted by molar-refractivity contribution is 0.0953. The van der Waals surface area contributed by atoms with E-state index < -0.39 is 12.4 Å². The van der Waals surface area contributed by atoms with E-state index in [2.05, 4.69) is 37.2 Å². The van der Waals surface area contributed by atoms with Crippen molar-refractivity contribution < 1.29 is 13.2 Å². The van der Waals surface area contributed by atoms with Crippen LogP contribution in [0.5, 0.6) is 0 Å². The van der Waals surface area contributed by atoms with Gasteiger partial charge in [-0.1, -0.05) is 13.0 Å². The number of sulfone groups is 1. The third-order valence-electron chi connectivity index (χ3n) is 2.41. The number of benzene rings is 1. The Balaban J connectivity index is 3.18. The van der Waals surface area contributed by atoms with Crippen LogP contribution in [-0.4, -0.2) is 23.4 Å². The van der Waals surface area contributed by atoms with E-state index in [0.717, 1.165) is 6.42 Å². The Morgan fingerprint density at radius 1 is 1.45 bits per heavy atom. The van der Waals surface area contributed by atoms with Gasteiger partial charge in [-0.3, -0.25) is 4.79 Å². The first kappa shape index (κ1) is 17.1. The minimum atomic E-state index is -3.97. The van der Waals surface area contributed by atoms with Crippen molar-refractivity contribution in [2.24, 2.45) is 0 Å². The Labute approximate surface area is 134 Å². The van der Waals surface area contributed by atoms with Gasteiger partial charge in [0.1, 0.15) is 6.07 Å². The summed E-state index contributed by atoms with van der Waals surface area (Å²) in [5.41, 5.74) is 0.230. The summed E-state index contributed by atoms with van der Waals surface area (Å²) < 4.78 is 22.5. The van der Waals surface area contributed by atoms with E-state index in [-0.39, 0.29) is 16.4 Å². The first-order valence-electron chi connectivity index (χ1n) is 5.68. The summed E-state index contributed by atoms with van der Waals surface area (Å²) in [6.45, 7) is 2.42. The monoisotopic (exact) mass is 422 g/mol. The number of nitrogens with zero attached hydrogens (tertiary/aromatic N) is 1. The van der Waals surface area contributed by atoms with Crippen LogP contribution in [0, 0.1) is 11.3 Å².